The lowest BCUT2D eigenvalue weighted by Gasteiger charge is -2.32. The first kappa shape index (κ1) is 6.01. The van der Waals surface area contributed by atoms with Gasteiger partial charge in [-0.05, 0) is 12.8 Å². The Labute approximate surface area is 47.6 Å². The summed E-state index contributed by atoms with van der Waals surface area (Å²) in [6, 6.07) is 0. The van der Waals surface area contributed by atoms with Crippen molar-refractivity contribution < 1.29 is 15.3 Å². The Bertz CT molecular complexity index is 75.7. The minimum Gasteiger partial charge on any atom is -0.393 e. The Hall–Kier alpha value is -0.120. The summed E-state index contributed by atoms with van der Waals surface area (Å²) in [5.74, 6) is -0.0787. The highest BCUT2D eigenvalue weighted by Crippen LogP contribution is 2.28. The maximum absolute atomic E-state index is 8.64. The molecule has 1 rings (SSSR count). The van der Waals surface area contributed by atoms with Crippen LogP contribution in [0.5, 0.6) is 0 Å². The summed E-state index contributed by atoms with van der Waals surface area (Å²) in [4.78, 5) is 0. The highest BCUT2D eigenvalue weighted by Gasteiger charge is 2.31. The van der Waals surface area contributed by atoms with Gasteiger partial charge in [0.05, 0.1) is 6.10 Å². The van der Waals surface area contributed by atoms with Gasteiger partial charge in [0.25, 0.3) is 0 Å². The summed E-state index contributed by atoms with van der Waals surface area (Å²) >= 11 is 0. The molecule has 3 heteroatoms. The molecule has 0 spiro atoms. The Morgan fingerprint density at radius 2 is 1.75 bits per heavy atom. The molecule has 1 saturated carbocycles. The van der Waals surface area contributed by atoms with E-state index in [0.717, 1.165) is 0 Å². The molecule has 1 aliphatic rings. The molecule has 48 valence electrons. The Balaban J connectivity index is 2.15. The van der Waals surface area contributed by atoms with Crippen LogP contribution in [0, 0.1) is 5.92 Å². The molecule has 0 radical (unpaired) electrons. The smallest absolute Gasteiger partial charge is 0.154 e. The largest absolute Gasteiger partial charge is 0.393 e. The van der Waals surface area contributed by atoms with Crippen LogP contribution in [-0.4, -0.2) is 27.7 Å². The van der Waals surface area contributed by atoms with Crippen LogP contribution in [0.2, 0.25) is 0 Å². The number of hydrogen-bond acceptors (Lipinski definition) is 3. The zero-order chi connectivity index (χ0) is 6.15. The molecule has 0 aliphatic heterocycles. The molecular formula is C5H10O3. The molecule has 1 fully saturated rings. The number of rotatable bonds is 1. The van der Waals surface area contributed by atoms with E-state index >= 15 is 0 Å². The van der Waals surface area contributed by atoms with E-state index in [-0.39, 0.29) is 12.0 Å². The van der Waals surface area contributed by atoms with Crippen molar-refractivity contribution in [2.75, 3.05) is 0 Å². The lowest BCUT2D eigenvalue weighted by Crippen LogP contribution is -2.36. The lowest BCUT2D eigenvalue weighted by molar-refractivity contribution is -0.135. The van der Waals surface area contributed by atoms with Crippen molar-refractivity contribution in [2.45, 2.75) is 25.2 Å². The summed E-state index contributed by atoms with van der Waals surface area (Å²) in [5.41, 5.74) is 0. The van der Waals surface area contributed by atoms with Crippen LogP contribution in [0.4, 0.5) is 0 Å². The van der Waals surface area contributed by atoms with Gasteiger partial charge in [-0.3, -0.25) is 0 Å². The predicted octanol–water partition coefficient (Wildman–Crippen LogP) is -0.932. The molecule has 3 N–H and O–H groups in total. The van der Waals surface area contributed by atoms with Crippen molar-refractivity contribution in [3.63, 3.8) is 0 Å². The minimum absolute atomic E-state index is 0.0787. The summed E-state index contributed by atoms with van der Waals surface area (Å²) in [5, 5.41) is 25.5. The normalized spacial score (nSPS) is 37.5. The van der Waals surface area contributed by atoms with E-state index in [1.807, 2.05) is 0 Å². The molecular weight excluding hydrogens is 108 g/mol. The molecule has 0 aromatic heterocycles. The second kappa shape index (κ2) is 2.01. The summed E-state index contributed by atoms with van der Waals surface area (Å²) in [6.45, 7) is 0. The van der Waals surface area contributed by atoms with E-state index in [4.69, 9.17) is 15.3 Å². The minimum atomic E-state index is -1.22. The molecule has 3 nitrogen and oxygen atoms in total. The van der Waals surface area contributed by atoms with Crippen molar-refractivity contribution in [1.82, 2.24) is 0 Å². The fourth-order valence-electron chi connectivity index (χ4n) is 0.873. The monoisotopic (exact) mass is 118 g/mol. The van der Waals surface area contributed by atoms with Gasteiger partial charge < -0.3 is 15.3 Å². The van der Waals surface area contributed by atoms with Gasteiger partial charge in [-0.15, -0.1) is 0 Å². The molecule has 0 saturated heterocycles. The molecule has 0 amide bonds. The third kappa shape index (κ3) is 0.992. The van der Waals surface area contributed by atoms with E-state index in [2.05, 4.69) is 0 Å². The SMILES string of the molecule is OC1CC(C(O)O)C1. The second-order valence-electron chi connectivity index (χ2n) is 2.30. The highest BCUT2D eigenvalue weighted by molar-refractivity contribution is 4.79. The van der Waals surface area contributed by atoms with Crippen LogP contribution < -0.4 is 0 Å². The molecule has 0 aromatic rings. The zero-order valence-electron chi connectivity index (χ0n) is 4.49. The first-order valence-electron chi connectivity index (χ1n) is 2.74. The Kier molecular flexibility index (Phi) is 1.51. The molecule has 0 heterocycles. The molecule has 1 aliphatic carbocycles. The van der Waals surface area contributed by atoms with Crippen molar-refractivity contribution in [3.8, 4) is 0 Å². The maximum atomic E-state index is 8.64. The van der Waals surface area contributed by atoms with Crippen LogP contribution in [0.1, 0.15) is 12.8 Å². The zero-order valence-corrected chi connectivity index (χ0v) is 4.49. The van der Waals surface area contributed by atoms with Gasteiger partial charge in [0.2, 0.25) is 0 Å². The van der Waals surface area contributed by atoms with Gasteiger partial charge >= 0.3 is 0 Å². The molecule has 0 aromatic carbocycles. The second-order valence-corrected chi connectivity index (χ2v) is 2.30. The van der Waals surface area contributed by atoms with E-state index in [1.165, 1.54) is 0 Å². The van der Waals surface area contributed by atoms with Gasteiger partial charge in [-0.1, -0.05) is 0 Å². The van der Waals surface area contributed by atoms with E-state index < -0.39 is 6.29 Å². The summed E-state index contributed by atoms with van der Waals surface area (Å²) in [7, 11) is 0. The van der Waals surface area contributed by atoms with Crippen LogP contribution in [-0.2, 0) is 0 Å². The van der Waals surface area contributed by atoms with Crippen molar-refractivity contribution in [3.05, 3.63) is 0 Å². The fourth-order valence-corrected chi connectivity index (χ4v) is 0.873. The topological polar surface area (TPSA) is 60.7 Å². The average molecular weight is 118 g/mol. The molecule has 0 bridgehead atoms. The average Bonchev–Trinajstić information content (AvgIpc) is 1.57. The van der Waals surface area contributed by atoms with Crippen LogP contribution in [0.25, 0.3) is 0 Å². The Morgan fingerprint density at radius 1 is 1.25 bits per heavy atom. The molecule has 8 heavy (non-hydrogen) atoms. The Morgan fingerprint density at radius 3 is 1.88 bits per heavy atom. The van der Waals surface area contributed by atoms with Gasteiger partial charge in [-0.25, -0.2) is 0 Å². The van der Waals surface area contributed by atoms with E-state index in [9.17, 15) is 0 Å². The molecule has 0 unspecified atom stereocenters. The van der Waals surface area contributed by atoms with Gasteiger partial charge in [0.15, 0.2) is 6.29 Å². The third-order valence-electron chi connectivity index (χ3n) is 1.57. The number of hydrogen-bond donors (Lipinski definition) is 3. The highest BCUT2D eigenvalue weighted by atomic mass is 16.5. The van der Waals surface area contributed by atoms with Crippen LogP contribution >= 0.6 is 0 Å². The van der Waals surface area contributed by atoms with E-state index in [0.29, 0.717) is 12.8 Å². The predicted molar refractivity (Wildman–Crippen MR) is 27.0 cm³/mol. The van der Waals surface area contributed by atoms with Gasteiger partial charge in [-0.2, -0.15) is 0 Å². The summed E-state index contributed by atoms with van der Waals surface area (Å²) < 4.78 is 0. The first-order chi connectivity index (χ1) is 3.70. The fraction of sp³-hybridized carbons (Fsp3) is 1.00. The summed E-state index contributed by atoms with van der Waals surface area (Å²) in [6.07, 6.45) is -0.435. The maximum Gasteiger partial charge on any atom is 0.154 e. The number of aliphatic hydroxyl groups excluding tert-OH is 2. The van der Waals surface area contributed by atoms with Crippen LogP contribution in [0.3, 0.4) is 0 Å². The first-order valence-corrected chi connectivity index (χ1v) is 2.74. The van der Waals surface area contributed by atoms with Gasteiger partial charge in [0, 0.05) is 5.92 Å². The van der Waals surface area contributed by atoms with Crippen LogP contribution in [0.15, 0.2) is 0 Å². The van der Waals surface area contributed by atoms with Crippen molar-refractivity contribution in [1.29, 1.82) is 0 Å². The molecule has 0 atom stereocenters. The lowest BCUT2D eigenvalue weighted by atomic mass is 9.82. The third-order valence-corrected chi connectivity index (χ3v) is 1.57. The van der Waals surface area contributed by atoms with Crippen molar-refractivity contribution in [2.24, 2.45) is 5.92 Å². The van der Waals surface area contributed by atoms with E-state index in [1.54, 1.807) is 0 Å². The van der Waals surface area contributed by atoms with Crippen molar-refractivity contribution >= 4 is 0 Å². The van der Waals surface area contributed by atoms with Gasteiger partial charge in [0.1, 0.15) is 0 Å². The number of aliphatic hydroxyl groups is 3. The quantitative estimate of drug-likeness (QED) is 0.390. The standard InChI is InChI=1S/C5H10O3/c6-4-1-3(2-4)5(7)8/h3-8H,1-2H2.